The van der Waals surface area contributed by atoms with E-state index in [4.69, 9.17) is 12.2 Å². The molecular weight excluding hydrogens is 392 g/mol. The summed E-state index contributed by atoms with van der Waals surface area (Å²) in [5, 5.41) is 11.3. The van der Waals surface area contributed by atoms with Crippen LogP contribution in [-0.2, 0) is 4.79 Å². The third kappa shape index (κ3) is 3.76. The fourth-order valence-corrected chi connectivity index (χ4v) is 3.67. The highest BCUT2D eigenvalue weighted by Crippen LogP contribution is 2.28. The van der Waals surface area contributed by atoms with Crippen LogP contribution in [0.3, 0.4) is 0 Å². The Kier molecular flexibility index (Phi) is 5.38. The first kappa shape index (κ1) is 19.2. The Morgan fingerprint density at radius 2 is 2.04 bits per heavy atom. The van der Waals surface area contributed by atoms with Crippen molar-refractivity contribution in [3.63, 3.8) is 0 Å². The summed E-state index contributed by atoms with van der Waals surface area (Å²) in [6.07, 6.45) is 0. The lowest BCUT2D eigenvalue weighted by atomic mass is 10.2. The van der Waals surface area contributed by atoms with E-state index in [0.717, 1.165) is 17.0 Å². The molecule has 1 amide bonds. The number of nitrogens with zero attached hydrogens (tertiary/aromatic N) is 3. The summed E-state index contributed by atoms with van der Waals surface area (Å²) >= 11 is 6.70. The van der Waals surface area contributed by atoms with Crippen molar-refractivity contribution in [2.24, 2.45) is 0 Å². The molecule has 27 heavy (non-hydrogen) atoms. The first-order valence-corrected chi connectivity index (χ1v) is 9.26. The Morgan fingerprint density at radius 1 is 1.37 bits per heavy atom. The number of hydrogen-bond acceptors (Lipinski definition) is 5. The Labute approximate surface area is 163 Å². The molecule has 2 N–H and O–H groups in total. The van der Waals surface area contributed by atoms with E-state index in [9.17, 15) is 13.6 Å². The molecule has 0 aliphatic heterocycles. The molecule has 0 saturated heterocycles. The number of carbonyl (C=O) groups excluding carboxylic acids is 1. The molecule has 1 atom stereocenters. The van der Waals surface area contributed by atoms with Gasteiger partial charge < -0.3 is 10.2 Å². The number of anilines is 2. The second kappa shape index (κ2) is 7.57. The predicted molar refractivity (Wildman–Crippen MR) is 105 cm³/mol. The molecule has 0 fully saturated rings. The van der Waals surface area contributed by atoms with E-state index < -0.39 is 23.6 Å². The van der Waals surface area contributed by atoms with E-state index >= 15 is 0 Å². The smallest absolute Gasteiger partial charge is 0.247 e. The number of H-pyrrole nitrogens is 1. The molecule has 10 heteroatoms. The zero-order valence-corrected chi connectivity index (χ0v) is 16.4. The minimum absolute atomic E-state index is 0.0279. The van der Waals surface area contributed by atoms with E-state index in [-0.39, 0.29) is 16.1 Å². The van der Waals surface area contributed by atoms with Crippen molar-refractivity contribution < 1.29 is 13.6 Å². The number of aromatic amines is 1. The normalized spacial score (nSPS) is 12.0. The van der Waals surface area contributed by atoms with Crippen molar-refractivity contribution in [2.75, 3.05) is 24.3 Å². The third-order valence-corrected chi connectivity index (χ3v) is 5.10. The number of aromatic nitrogens is 3. The van der Waals surface area contributed by atoms with Crippen LogP contribution in [-0.4, -0.2) is 34.8 Å². The highest BCUT2D eigenvalue weighted by Gasteiger charge is 2.22. The van der Waals surface area contributed by atoms with Gasteiger partial charge in [0.1, 0.15) is 11.7 Å². The minimum atomic E-state index is -0.762. The van der Waals surface area contributed by atoms with Gasteiger partial charge in [0.05, 0.1) is 4.88 Å². The molecule has 0 spiro atoms. The summed E-state index contributed by atoms with van der Waals surface area (Å²) in [5.41, 5.74) is -0.141. The average Bonchev–Trinajstić information content (AvgIpc) is 3.22. The maximum absolute atomic E-state index is 14.1. The van der Waals surface area contributed by atoms with Crippen LogP contribution in [0.2, 0.25) is 0 Å². The van der Waals surface area contributed by atoms with Gasteiger partial charge in [-0.25, -0.2) is 8.78 Å². The van der Waals surface area contributed by atoms with Crippen molar-refractivity contribution in [2.45, 2.75) is 13.0 Å². The molecule has 2 aromatic heterocycles. The van der Waals surface area contributed by atoms with Gasteiger partial charge in [0.2, 0.25) is 5.91 Å². The highest BCUT2D eigenvalue weighted by molar-refractivity contribution is 7.71. The van der Waals surface area contributed by atoms with E-state index in [0.29, 0.717) is 5.82 Å². The first-order valence-electron chi connectivity index (χ1n) is 7.97. The Bertz CT molecular complexity index is 1000. The number of nitrogens with one attached hydrogen (secondary N) is 2. The van der Waals surface area contributed by atoms with Crippen molar-refractivity contribution in [1.82, 2.24) is 14.8 Å². The highest BCUT2D eigenvalue weighted by atomic mass is 32.1. The summed E-state index contributed by atoms with van der Waals surface area (Å²) in [7, 11) is 3.07. The van der Waals surface area contributed by atoms with Crippen molar-refractivity contribution >= 4 is 40.8 Å². The van der Waals surface area contributed by atoms with Crippen LogP contribution in [0.4, 0.5) is 20.2 Å². The fourth-order valence-electron chi connectivity index (χ4n) is 2.67. The molecule has 3 aromatic rings. The van der Waals surface area contributed by atoms with Gasteiger partial charge in [0, 0.05) is 19.8 Å². The maximum atomic E-state index is 14.1. The lowest BCUT2D eigenvalue weighted by molar-refractivity contribution is -0.118. The van der Waals surface area contributed by atoms with Gasteiger partial charge in [-0.05, 0) is 42.7 Å². The van der Waals surface area contributed by atoms with Gasteiger partial charge in [-0.1, -0.05) is 6.07 Å². The monoisotopic (exact) mass is 409 g/mol. The van der Waals surface area contributed by atoms with Crippen LogP contribution in [0.5, 0.6) is 0 Å². The maximum Gasteiger partial charge on any atom is 0.247 e. The first-order chi connectivity index (χ1) is 12.8. The lowest BCUT2D eigenvalue weighted by Crippen LogP contribution is -2.24. The molecule has 0 radical (unpaired) electrons. The summed E-state index contributed by atoms with van der Waals surface area (Å²) in [4.78, 5) is 14.8. The van der Waals surface area contributed by atoms with Gasteiger partial charge in [-0.3, -0.25) is 14.5 Å². The molecule has 0 aliphatic carbocycles. The summed E-state index contributed by atoms with van der Waals surface area (Å²) < 4.78 is 30.1. The number of carbonyl (C=O) groups is 1. The molecule has 0 bridgehead atoms. The largest absolute Gasteiger partial charge is 0.373 e. The van der Waals surface area contributed by atoms with Crippen LogP contribution < -0.4 is 10.2 Å². The number of halogens is 2. The summed E-state index contributed by atoms with van der Waals surface area (Å²) in [6, 6.07) is 5.15. The van der Waals surface area contributed by atoms with E-state index in [1.807, 2.05) is 17.5 Å². The molecular formula is C17H17F2N5OS2. The van der Waals surface area contributed by atoms with Crippen molar-refractivity contribution in [1.29, 1.82) is 0 Å². The molecule has 2 heterocycles. The predicted octanol–water partition coefficient (Wildman–Crippen LogP) is 4.21. The van der Waals surface area contributed by atoms with Gasteiger partial charge in [0.15, 0.2) is 22.2 Å². The topological polar surface area (TPSA) is 66.0 Å². The van der Waals surface area contributed by atoms with Gasteiger partial charge in [0.25, 0.3) is 0 Å². The SMILES string of the molecule is CC(C(=O)Nc1cc(F)c(N(C)C)c(F)c1)n1c(-c2cccs2)n[nH]c1=S. The van der Waals surface area contributed by atoms with Gasteiger partial charge in [-0.15, -0.1) is 11.3 Å². The Morgan fingerprint density at radius 3 is 2.59 bits per heavy atom. The lowest BCUT2D eigenvalue weighted by Gasteiger charge is -2.18. The molecule has 6 nitrogen and oxygen atoms in total. The van der Waals surface area contributed by atoms with E-state index in [1.54, 1.807) is 11.5 Å². The van der Waals surface area contributed by atoms with E-state index in [1.165, 1.54) is 30.3 Å². The van der Waals surface area contributed by atoms with Gasteiger partial charge >= 0.3 is 0 Å². The van der Waals surface area contributed by atoms with Crippen LogP contribution in [0.25, 0.3) is 10.7 Å². The zero-order valence-electron chi connectivity index (χ0n) is 14.8. The number of benzene rings is 1. The molecule has 0 aliphatic rings. The summed E-state index contributed by atoms with van der Waals surface area (Å²) in [6.45, 7) is 1.64. The van der Waals surface area contributed by atoms with Crippen molar-refractivity contribution in [3.05, 3.63) is 46.1 Å². The summed E-state index contributed by atoms with van der Waals surface area (Å²) in [5.74, 6) is -1.47. The zero-order chi connectivity index (χ0) is 19.7. The number of rotatable bonds is 5. The molecule has 3 rings (SSSR count). The second-order valence-electron chi connectivity index (χ2n) is 6.05. The van der Waals surface area contributed by atoms with Crippen LogP contribution in [0.1, 0.15) is 13.0 Å². The Balaban J connectivity index is 1.88. The number of hydrogen-bond donors (Lipinski definition) is 2. The van der Waals surface area contributed by atoms with Crippen molar-refractivity contribution in [3.8, 4) is 10.7 Å². The second-order valence-corrected chi connectivity index (χ2v) is 7.38. The molecule has 1 unspecified atom stereocenters. The van der Waals surface area contributed by atoms with Crippen LogP contribution in [0, 0.1) is 16.4 Å². The average molecular weight is 409 g/mol. The van der Waals surface area contributed by atoms with Crippen LogP contribution >= 0.6 is 23.6 Å². The quantitative estimate of drug-likeness (QED) is 0.620. The minimum Gasteiger partial charge on any atom is -0.373 e. The molecule has 0 saturated carbocycles. The third-order valence-electron chi connectivity index (χ3n) is 3.94. The van der Waals surface area contributed by atoms with E-state index in [2.05, 4.69) is 15.5 Å². The number of amides is 1. The standard InChI is InChI=1S/C17H17F2N5OS2/c1-9(24-15(21-22-17(24)26)13-5-4-6-27-13)16(25)20-10-7-11(18)14(23(2)3)12(19)8-10/h4-9H,1-3H3,(H,20,25)(H,22,26). The fraction of sp³-hybridized carbons (Fsp3) is 0.235. The molecule has 1 aromatic carbocycles. The molecule has 142 valence electrons. The van der Waals surface area contributed by atoms with Crippen LogP contribution in [0.15, 0.2) is 29.6 Å². The van der Waals surface area contributed by atoms with Gasteiger partial charge in [-0.2, -0.15) is 5.10 Å². The Hall–Kier alpha value is -2.59. The number of thiophene rings is 1.